The van der Waals surface area contributed by atoms with Crippen molar-refractivity contribution in [3.05, 3.63) is 23.8 Å². The lowest BCUT2D eigenvalue weighted by molar-refractivity contribution is -0.0512. The fourth-order valence-corrected chi connectivity index (χ4v) is 2.66. The number of alkyl halides is 2. The van der Waals surface area contributed by atoms with Crippen molar-refractivity contribution >= 4 is 29.9 Å². The van der Waals surface area contributed by atoms with Gasteiger partial charge in [-0.05, 0) is 30.5 Å². The number of hydrogen-bond donors (Lipinski definition) is 2. The number of aliphatic imine (C=N–C) groups is 1. The molecule has 1 aromatic carbocycles. The van der Waals surface area contributed by atoms with Gasteiger partial charge in [-0.25, -0.2) is 0 Å². The Bertz CT molecular complexity index is 538. The van der Waals surface area contributed by atoms with Gasteiger partial charge < -0.3 is 20.1 Å². The lowest BCUT2D eigenvalue weighted by Crippen LogP contribution is -2.41. The van der Waals surface area contributed by atoms with Gasteiger partial charge >= 0.3 is 6.61 Å². The first kappa shape index (κ1) is 20.7. The fourth-order valence-electron chi connectivity index (χ4n) is 2.66. The molecule has 0 amide bonds. The van der Waals surface area contributed by atoms with E-state index in [2.05, 4.69) is 20.4 Å². The summed E-state index contributed by atoms with van der Waals surface area (Å²) < 4.78 is 34.4. The van der Waals surface area contributed by atoms with Crippen molar-refractivity contribution in [3.63, 3.8) is 0 Å². The van der Waals surface area contributed by atoms with Crippen LogP contribution < -0.4 is 20.1 Å². The molecule has 2 N–H and O–H groups in total. The minimum absolute atomic E-state index is 0. The summed E-state index contributed by atoms with van der Waals surface area (Å²) in [5, 5.41) is 6.55. The number of rotatable bonds is 6. The van der Waals surface area contributed by atoms with Crippen LogP contribution in [0.3, 0.4) is 0 Å². The molecule has 8 heteroatoms. The molecule has 136 valence electrons. The SMILES string of the molecule is CN=C(NCc1ccc(OC)c(OC(F)F)c1)NC1CCCC1.I. The molecule has 0 radical (unpaired) electrons. The standard InChI is InChI=1S/C16H23F2N3O2.HI/c1-19-16(21-12-5-3-4-6-12)20-10-11-7-8-13(22-2)14(9-11)23-15(17)18;/h7-9,12,15H,3-6,10H2,1-2H3,(H2,19,20,21);1H. The zero-order valence-corrected chi connectivity index (χ0v) is 16.2. The monoisotopic (exact) mass is 455 g/mol. The van der Waals surface area contributed by atoms with Crippen LogP contribution in [-0.4, -0.2) is 32.8 Å². The van der Waals surface area contributed by atoms with Crippen LogP contribution in [0, 0.1) is 0 Å². The Morgan fingerprint density at radius 1 is 1.29 bits per heavy atom. The van der Waals surface area contributed by atoms with Gasteiger partial charge in [-0.3, -0.25) is 4.99 Å². The van der Waals surface area contributed by atoms with E-state index < -0.39 is 6.61 Å². The van der Waals surface area contributed by atoms with Crippen molar-refractivity contribution in [2.45, 2.75) is 44.9 Å². The van der Waals surface area contributed by atoms with Crippen LogP contribution in [0.25, 0.3) is 0 Å². The molecule has 0 spiro atoms. The van der Waals surface area contributed by atoms with Crippen LogP contribution in [0.4, 0.5) is 8.78 Å². The van der Waals surface area contributed by atoms with E-state index >= 15 is 0 Å². The van der Waals surface area contributed by atoms with Crippen LogP contribution in [0.1, 0.15) is 31.2 Å². The summed E-state index contributed by atoms with van der Waals surface area (Å²) in [5.41, 5.74) is 0.802. The zero-order chi connectivity index (χ0) is 16.7. The van der Waals surface area contributed by atoms with E-state index in [1.807, 2.05) is 0 Å². The minimum Gasteiger partial charge on any atom is -0.493 e. The molecule has 1 fully saturated rings. The van der Waals surface area contributed by atoms with Gasteiger partial charge in [0, 0.05) is 19.6 Å². The molecule has 2 rings (SSSR count). The molecular formula is C16H24F2IN3O2. The lowest BCUT2D eigenvalue weighted by atomic mass is 10.2. The molecule has 0 aromatic heterocycles. The number of ether oxygens (including phenoxy) is 2. The molecule has 5 nitrogen and oxygen atoms in total. The average Bonchev–Trinajstić information content (AvgIpc) is 3.04. The maximum absolute atomic E-state index is 12.4. The highest BCUT2D eigenvalue weighted by Crippen LogP contribution is 2.29. The smallest absolute Gasteiger partial charge is 0.387 e. The van der Waals surface area contributed by atoms with Crippen LogP contribution >= 0.6 is 24.0 Å². The number of benzene rings is 1. The molecule has 1 aliphatic rings. The molecule has 0 heterocycles. The van der Waals surface area contributed by atoms with E-state index in [4.69, 9.17) is 4.74 Å². The fraction of sp³-hybridized carbons (Fsp3) is 0.562. The molecule has 0 saturated heterocycles. The first-order chi connectivity index (χ1) is 11.1. The average molecular weight is 455 g/mol. The second-order valence-electron chi connectivity index (χ2n) is 5.42. The topological polar surface area (TPSA) is 54.9 Å². The number of nitrogens with zero attached hydrogens (tertiary/aromatic N) is 1. The molecule has 1 aliphatic carbocycles. The van der Waals surface area contributed by atoms with Gasteiger partial charge in [0.2, 0.25) is 0 Å². The summed E-state index contributed by atoms with van der Waals surface area (Å²) in [6.45, 7) is -2.43. The number of guanidine groups is 1. The largest absolute Gasteiger partial charge is 0.493 e. The molecular weight excluding hydrogens is 431 g/mol. The van der Waals surface area contributed by atoms with E-state index in [0.717, 1.165) is 18.4 Å². The number of hydrogen-bond acceptors (Lipinski definition) is 3. The normalized spacial score (nSPS) is 15.1. The lowest BCUT2D eigenvalue weighted by Gasteiger charge is -2.17. The third-order valence-electron chi connectivity index (χ3n) is 3.82. The van der Waals surface area contributed by atoms with Gasteiger partial charge in [-0.2, -0.15) is 8.78 Å². The predicted molar refractivity (Wildman–Crippen MR) is 101 cm³/mol. The second kappa shape index (κ2) is 10.5. The molecule has 0 bridgehead atoms. The van der Waals surface area contributed by atoms with Gasteiger partial charge in [0.1, 0.15) is 0 Å². The maximum atomic E-state index is 12.4. The molecule has 0 unspecified atom stereocenters. The Morgan fingerprint density at radius 3 is 2.58 bits per heavy atom. The molecule has 0 aliphatic heterocycles. The minimum atomic E-state index is -2.89. The van der Waals surface area contributed by atoms with Gasteiger partial charge in [0.05, 0.1) is 7.11 Å². The third-order valence-corrected chi connectivity index (χ3v) is 3.82. The number of halogens is 3. The quantitative estimate of drug-likeness (QED) is 0.392. The van der Waals surface area contributed by atoms with Crippen molar-refractivity contribution < 1.29 is 18.3 Å². The highest BCUT2D eigenvalue weighted by Gasteiger charge is 2.16. The highest BCUT2D eigenvalue weighted by molar-refractivity contribution is 14.0. The first-order valence-corrected chi connectivity index (χ1v) is 7.71. The summed E-state index contributed by atoms with van der Waals surface area (Å²) in [4.78, 5) is 4.19. The Balaban J connectivity index is 0.00000288. The van der Waals surface area contributed by atoms with Gasteiger partial charge in [0.15, 0.2) is 17.5 Å². The van der Waals surface area contributed by atoms with Crippen LogP contribution in [-0.2, 0) is 6.54 Å². The predicted octanol–water partition coefficient (Wildman–Crippen LogP) is 3.52. The van der Waals surface area contributed by atoms with E-state index in [9.17, 15) is 8.78 Å². The van der Waals surface area contributed by atoms with E-state index in [1.54, 1.807) is 25.2 Å². The van der Waals surface area contributed by atoms with Crippen LogP contribution in [0.5, 0.6) is 11.5 Å². The first-order valence-electron chi connectivity index (χ1n) is 7.71. The van der Waals surface area contributed by atoms with E-state index in [1.165, 1.54) is 20.0 Å². The van der Waals surface area contributed by atoms with Crippen molar-refractivity contribution in [3.8, 4) is 11.5 Å². The number of nitrogens with one attached hydrogen (secondary N) is 2. The van der Waals surface area contributed by atoms with Crippen molar-refractivity contribution in [2.24, 2.45) is 4.99 Å². The molecule has 0 atom stereocenters. The molecule has 24 heavy (non-hydrogen) atoms. The van der Waals surface area contributed by atoms with Gasteiger partial charge in [-0.15, -0.1) is 24.0 Å². The van der Waals surface area contributed by atoms with Gasteiger partial charge in [-0.1, -0.05) is 18.9 Å². The Labute approximate surface area is 158 Å². The van der Waals surface area contributed by atoms with Crippen molar-refractivity contribution in [1.29, 1.82) is 0 Å². The summed E-state index contributed by atoms with van der Waals surface area (Å²) >= 11 is 0. The second-order valence-corrected chi connectivity index (χ2v) is 5.42. The Hall–Kier alpha value is -1.32. The number of methoxy groups -OCH3 is 1. The summed E-state index contributed by atoms with van der Waals surface area (Å²) in [6, 6.07) is 5.41. The van der Waals surface area contributed by atoms with Crippen molar-refractivity contribution in [2.75, 3.05) is 14.2 Å². The Kier molecular flexibility index (Phi) is 9.09. The van der Waals surface area contributed by atoms with Crippen LogP contribution in [0.2, 0.25) is 0 Å². The van der Waals surface area contributed by atoms with Gasteiger partial charge in [0.25, 0.3) is 0 Å². The molecule has 1 aromatic rings. The van der Waals surface area contributed by atoms with E-state index in [0.29, 0.717) is 18.5 Å². The Morgan fingerprint density at radius 2 is 2.00 bits per heavy atom. The molecule has 1 saturated carbocycles. The summed E-state index contributed by atoms with van der Waals surface area (Å²) in [7, 11) is 3.13. The van der Waals surface area contributed by atoms with Crippen molar-refractivity contribution in [1.82, 2.24) is 10.6 Å². The highest BCUT2D eigenvalue weighted by atomic mass is 127. The van der Waals surface area contributed by atoms with E-state index in [-0.39, 0.29) is 35.5 Å². The summed E-state index contributed by atoms with van der Waals surface area (Å²) in [5.74, 6) is 1.02. The third kappa shape index (κ3) is 6.29. The van der Waals surface area contributed by atoms with Crippen LogP contribution in [0.15, 0.2) is 23.2 Å². The zero-order valence-electron chi connectivity index (χ0n) is 13.9. The maximum Gasteiger partial charge on any atom is 0.387 e. The summed E-state index contributed by atoms with van der Waals surface area (Å²) in [6.07, 6.45) is 4.77.